The zero-order chi connectivity index (χ0) is 10.7. The molecule has 15 heavy (non-hydrogen) atoms. The van der Waals surface area contributed by atoms with Crippen LogP contribution in [0.25, 0.3) is 0 Å². The molecule has 0 atom stereocenters. The molecule has 72 valence electrons. The van der Waals surface area contributed by atoms with E-state index in [1.54, 1.807) is 0 Å². The molecule has 0 aliphatic carbocycles. The van der Waals surface area contributed by atoms with E-state index in [0.29, 0.717) is 0 Å². The Morgan fingerprint density at radius 3 is 1.27 bits per heavy atom. The molecule has 0 unspecified atom stereocenters. The average Bonchev–Trinajstić information content (AvgIpc) is 2.25. The van der Waals surface area contributed by atoms with Crippen LogP contribution >= 0.6 is 0 Å². The Balaban J connectivity index is 2.15. The Morgan fingerprint density at radius 2 is 0.933 bits per heavy atom. The zero-order valence-corrected chi connectivity index (χ0v) is 11.0. The van der Waals surface area contributed by atoms with Gasteiger partial charge in [-0.05, 0) is 0 Å². The van der Waals surface area contributed by atoms with Crippen LogP contribution in [-0.4, -0.2) is 0 Å². The number of rotatable bonds is 2. The van der Waals surface area contributed by atoms with Crippen LogP contribution in [0.15, 0.2) is 48.5 Å². The van der Waals surface area contributed by atoms with E-state index in [4.69, 9.17) is 0 Å². The Kier molecular flexibility index (Phi) is 3.22. The first kappa shape index (κ1) is 10.4. The van der Waals surface area contributed by atoms with Crippen molar-refractivity contribution >= 4 is 8.32 Å². The molecule has 0 saturated carbocycles. The molecule has 0 nitrogen and oxygen atoms in total. The van der Waals surface area contributed by atoms with Gasteiger partial charge in [0.25, 0.3) is 0 Å². The Labute approximate surface area is 94.5 Å². The van der Waals surface area contributed by atoms with Gasteiger partial charge in [0.05, 0.1) is 0 Å². The topological polar surface area (TPSA) is 0 Å². The van der Waals surface area contributed by atoms with Crippen LogP contribution in [-0.2, 0) is 17.1 Å². The van der Waals surface area contributed by atoms with Gasteiger partial charge < -0.3 is 0 Å². The van der Waals surface area contributed by atoms with Crippen molar-refractivity contribution in [1.82, 2.24) is 0 Å². The van der Waals surface area contributed by atoms with Crippen LogP contribution in [0, 0.1) is 11.6 Å². The fraction of sp³-hybridized carbons (Fsp3) is 0. The summed E-state index contributed by atoms with van der Waals surface area (Å²) in [5.41, 5.74) is 0. The molecule has 0 N–H and O–H groups in total. The summed E-state index contributed by atoms with van der Waals surface area (Å²) in [6, 6.07) is 13.2. The van der Waals surface area contributed by atoms with Gasteiger partial charge in [0, 0.05) is 0 Å². The minimum atomic E-state index is -1.05. The average molecular weight is 256 g/mol. The fourth-order valence-corrected chi connectivity index (χ4v) is 4.41. The van der Waals surface area contributed by atoms with E-state index in [2.05, 4.69) is 0 Å². The van der Waals surface area contributed by atoms with Crippen LogP contribution in [0.2, 0.25) is 0 Å². The summed E-state index contributed by atoms with van der Waals surface area (Å²) in [5, 5.41) is 0. The van der Waals surface area contributed by atoms with Crippen molar-refractivity contribution in [3.8, 4) is 0 Å². The van der Waals surface area contributed by atoms with Crippen LogP contribution in [0.5, 0.6) is 0 Å². The maximum atomic E-state index is 12.6. The van der Waals surface area contributed by atoms with Crippen molar-refractivity contribution in [1.29, 1.82) is 0 Å². The Bertz CT molecular complexity index is 391. The molecular weight excluding hydrogens is 248 g/mol. The standard InChI is InChI=1S/2C6H4F.Zn/c2*7-6-4-2-1-3-5-6;/h2*2-5H;. The van der Waals surface area contributed by atoms with Crippen LogP contribution in [0.3, 0.4) is 0 Å². The van der Waals surface area contributed by atoms with Gasteiger partial charge in [-0.25, -0.2) is 0 Å². The van der Waals surface area contributed by atoms with Gasteiger partial charge in [-0.15, -0.1) is 0 Å². The fourth-order valence-electron chi connectivity index (χ4n) is 1.44. The van der Waals surface area contributed by atoms with E-state index >= 15 is 0 Å². The third-order valence-electron chi connectivity index (χ3n) is 2.23. The van der Waals surface area contributed by atoms with E-state index < -0.39 is 17.1 Å². The van der Waals surface area contributed by atoms with Crippen molar-refractivity contribution in [2.45, 2.75) is 0 Å². The molecule has 0 fully saturated rings. The molecule has 0 aromatic heterocycles. The van der Waals surface area contributed by atoms with Gasteiger partial charge >= 0.3 is 94.4 Å². The van der Waals surface area contributed by atoms with Crippen molar-refractivity contribution in [2.24, 2.45) is 0 Å². The zero-order valence-electron chi connectivity index (χ0n) is 8.08. The van der Waals surface area contributed by atoms with Gasteiger partial charge in [0.1, 0.15) is 0 Å². The molecule has 0 amide bonds. The van der Waals surface area contributed by atoms with Crippen molar-refractivity contribution in [3.63, 3.8) is 0 Å². The first-order valence-electron chi connectivity index (χ1n) is 4.73. The molecule has 2 rings (SSSR count). The monoisotopic (exact) mass is 254 g/mol. The van der Waals surface area contributed by atoms with Gasteiger partial charge in [-0.1, -0.05) is 0 Å². The Morgan fingerprint density at radius 1 is 0.600 bits per heavy atom. The van der Waals surface area contributed by atoms with Crippen LogP contribution in [0.4, 0.5) is 8.78 Å². The molecule has 0 aliphatic rings. The third kappa shape index (κ3) is 2.93. The molecule has 0 spiro atoms. The van der Waals surface area contributed by atoms with Crippen LogP contribution in [0.1, 0.15) is 0 Å². The summed E-state index contributed by atoms with van der Waals surface area (Å²) in [6.07, 6.45) is 0. The second kappa shape index (κ2) is 4.63. The predicted molar refractivity (Wildman–Crippen MR) is 52.1 cm³/mol. The molecule has 0 saturated heterocycles. The van der Waals surface area contributed by atoms with Gasteiger partial charge in [-0.3, -0.25) is 0 Å². The molecule has 2 aromatic carbocycles. The van der Waals surface area contributed by atoms with Crippen molar-refractivity contribution in [2.75, 3.05) is 0 Å². The summed E-state index contributed by atoms with van der Waals surface area (Å²) in [6.45, 7) is 0. The van der Waals surface area contributed by atoms with E-state index in [9.17, 15) is 8.78 Å². The quantitative estimate of drug-likeness (QED) is 0.720. The number of halogens is 2. The van der Waals surface area contributed by atoms with E-state index in [0.717, 1.165) is 0 Å². The molecular formula is C12H8F2Zn. The van der Waals surface area contributed by atoms with Crippen molar-refractivity contribution < 1.29 is 25.9 Å². The summed E-state index contributed by atoms with van der Waals surface area (Å²) in [7, 11) is 0. The van der Waals surface area contributed by atoms with E-state index in [-0.39, 0.29) is 11.6 Å². The van der Waals surface area contributed by atoms with E-state index in [1.165, 1.54) is 32.6 Å². The van der Waals surface area contributed by atoms with E-state index in [1.807, 2.05) is 24.3 Å². The second-order valence-corrected chi connectivity index (χ2v) is 7.60. The maximum absolute atomic E-state index is 12.6. The second-order valence-electron chi connectivity index (χ2n) is 3.43. The van der Waals surface area contributed by atoms with Gasteiger partial charge in [0.2, 0.25) is 0 Å². The first-order chi connectivity index (χ1) is 7.24. The van der Waals surface area contributed by atoms with Crippen molar-refractivity contribution in [3.05, 3.63) is 60.2 Å². The van der Waals surface area contributed by atoms with Gasteiger partial charge in [-0.2, -0.15) is 0 Å². The number of hydrogen-bond donors (Lipinski definition) is 0. The first-order valence-corrected chi connectivity index (χ1v) is 7.69. The molecule has 2 aromatic rings. The molecule has 0 heterocycles. The normalized spacial score (nSPS) is 9.73. The molecule has 0 aliphatic heterocycles. The van der Waals surface area contributed by atoms with Gasteiger partial charge in [0.15, 0.2) is 0 Å². The minimum absolute atomic E-state index is 0.208. The molecule has 3 heteroatoms. The number of benzene rings is 2. The molecule has 0 bridgehead atoms. The third-order valence-corrected chi connectivity index (χ3v) is 5.93. The predicted octanol–water partition coefficient (Wildman–Crippen LogP) is 2.00. The summed E-state index contributed by atoms with van der Waals surface area (Å²) >= 11 is -1.05. The number of hydrogen-bond acceptors (Lipinski definition) is 0. The SMILES string of the molecule is Fc1cc[c]([Zn][c]2ccc(F)cc2)cc1. The Hall–Kier alpha value is -1.08. The summed E-state index contributed by atoms with van der Waals surface area (Å²) < 4.78 is 27.7. The molecule has 0 radical (unpaired) electrons. The summed E-state index contributed by atoms with van der Waals surface area (Å²) in [5.74, 6) is -0.416. The summed E-state index contributed by atoms with van der Waals surface area (Å²) in [4.78, 5) is 0. The van der Waals surface area contributed by atoms with Crippen LogP contribution < -0.4 is 8.32 Å².